The second-order valence-electron chi connectivity index (χ2n) is 8.67. The lowest BCUT2D eigenvalue weighted by molar-refractivity contribution is 0.0939. The molecule has 1 atom stereocenters. The summed E-state index contributed by atoms with van der Waals surface area (Å²) in [4.78, 5) is 15.4. The first-order chi connectivity index (χ1) is 14.5. The molecule has 1 saturated heterocycles. The van der Waals surface area contributed by atoms with Crippen LogP contribution in [0, 0.1) is 27.7 Å². The van der Waals surface area contributed by atoms with Gasteiger partial charge in [0.15, 0.2) is 0 Å². The Morgan fingerprint density at radius 3 is 2.16 bits per heavy atom. The van der Waals surface area contributed by atoms with E-state index in [1.165, 1.54) is 21.5 Å². The zero-order chi connectivity index (χ0) is 22.9. The van der Waals surface area contributed by atoms with E-state index in [1.807, 2.05) is 27.8 Å². The monoisotopic (exact) mass is 443 g/mol. The van der Waals surface area contributed by atoms with Crippen LogP contribution in [0.1, 0.15) is 51.1 Å². The summed E-state index contributed by atoms with van der Waals surface area (Å²) in [6, 6.07) is 8.86. The predicted molar refractivity (Wildman–Crippen MR) is 124 cm³/mol. The van der Waals surface area contributed by atoms with Crippen LogP contribution in [0.5, 0.6) is 0 Å². The van der Waals surface area contributed by atoms with Crippen LogP contribution in [0.4, 0.5) is 0 Å². The summed E-state index contributed by atoms with van der Waals surface area (Å²) in [5.74, 6) is -0.266. The standard InChI is InChI=1S/C24H33N3O3S/c1-16-7-8-21(31(29,30)27-11-9-26(6)10-12-27)15-23(16)24(28)25-20(5)22-14-18(3)17(2)13-19(22)4/h7-8,13-15,20H,9-12H2,1-6H3,(H,25,28). The molecule has 0 bridgehead atoms. The molecule has 1 amide bonds. The third-order valence-corrected chi connectivity index (χ3v) is 8.14. The largest absolute Gasteiger partial charge is 0.345 e. The molecule has 0 aliphatic carbocycles. The van der Waals surface area contributed by atoms with E-state index in [0.29, 0.717) is 31.7 Å². The number of amides is 1. The molecule has 7 heteroatoms. The van der Waals surface area contributed by atoms with E-state index in [9.17, 15) is 13.2 Å². The highest BCUT2D eigenvalue weighted by atomic mass is 32.2. The Morgan fingerprint density at radius 2 is 1.52 bits per heavy atom. The highest BCUT2D eigenvalue weighted by molar-refractivity contribution is 7.89. The van der Waals surface area contributed by atoms with Gasteiger partial charge >= 0.3 is 0 Å². The quantitative estimate of drug-likeness (QED) is 0.769. The zero-order valence-corrected chi connectivity index (χ0v) is 20.1. The molecule has 0 aromatic heterocycles. The number of sulfonamides is 1. The number of nitrogens with one attached hydrogen (secondary N) is 1. The number of nitrogens with zero attached hydrogens (tertiary/aromatic N) is 2. The van der Waals surface area contributed by atoms with E-state index in [2.05, 4.69) is 36.2 Å². The van der Waals surface area contributed by atoms with E-state index in [-0.39, 0.29) is 16.8 Å². The third kappa shape index (κ3) is 5.00. The molecule has 3 rings (SSSR count). The highest BCUT2D eigenvalue weighted by Crippen LogP contribution is 2.24. The lowest BCUT2D eigenvalue weighted by atomic mass is 9.96. The molecule has 0 spiro atoms. The van der Waals surface area contributed by atoms with Gasteiger partial charge in [-0.15, -0.1) is 0 Å². The molecule has 31 heavy (non-hydrogen) atoms. The molecule has 1 heterocycles. The zero-order valence-electron chi connectivity index (χ0n) is 19.3. The number of aryl methyl sites for hydroxylation is 4. The molecular weight excluding hydrogens is 410 g/mol. The summed E-state index contributed by atoms with van der Waals surface area (Å²) in [7, 11) is -1.65. The Morgan fingerprint density at radius 1 is 0.903 bits per heavy atom. The molecule has 1 N–H and O–H groups in total. The predicted octanol–water partition coefficient (Wildman–Crippen LogP) is 3.35. The number of likely N-dealkylation sites (N-methyl/N-ethyl adjacent to an activating group) is 1. The minimum atomic E-state index is -3.63. The first-order valence-corrected chi connectivity index (χ1v) is 12.1. The molecule has 0 saturated carbocycles. The van der Waals surface area contributed by atoms with Gasteiger partial charge in [-0.1, -0.05) is 18.2 Å². The Bertz CT molecular complexity index is 1090. The number of carbonyl (C=O) groups excluding carboxylic acids is 1. The Kier molecular flexibility index (Phi) is 6.88. The van der Waals surface area contributed by atoms with Gasteiger partial charge in [0.1, 0.15) is 0 Å². The molecule has 1 unspecified atom stereocenters. The van der Waals surface area contributed by atoms with Crippen LogP contribution >= 0.6 is 0 Å². The second kappa shape index (κ2) is 9.10. The number of hydrogen-bond donors (Lipinski definition) is 1. The number of piperazine rings is 1. The molecule has 2 aromatic rings. The van der Waals surface area contributed by atoms with Crippen LogP contribution in [0.2, 0.25) is 0 Å². The van der Waals surface area contributed by atoms with Crippen molar-refractivity contribution in [3.05, 3.63) is 63.7 Å². The normalized spacial score (nSPS) is 16.8. The van der Waals surface area contributed by atoms with E-state index >= 15 is 0 Å². The SMILES string of the molecule is Cc1cc(C)c(C(C)NC(=O)c2cc(S(=O)(=O)N3CCN(C)CC3)ccc2C)cc1C. The van der Waals surface area contributed by atoms with Crippen molar-refractivity contribution in [2.45, 2.75) is 45.6 Å². The van der Waals surface area contributed by atoms with Crippen LogP contribution in [0.25, 0.3) is 0 Å². The van der Waals surface area contributed by atoms with Crippen molar-refractivity contribution < 1.29 is 13.2 Å². The average Bonchev–Trinajstić information content (AvgIpc) is 2.71. The number of benzene rings is 2. The Balaban J connectivity index is 1.84. The number of hydrogen-bond acceptors (Lipinski definition) is 4. The van der Waals surface area contributed by atoms with Gasteiger partial charge in [-0.25, -0.2) is 8.42 Å². The Labute approximate surface area is 186 Å². The summed E-state index contributed by atoms with van der Waals surface area (Å²) in [6.07, 6.45) is 0. The fourth-order valence-electron chi connectivity index (χ4n) is 3.99. The fraction of sp³-hybridized carbons (Fsp3) is 0.458. The van der Waals surface area contributed by atoms with Crippen molar-refractivity contribution in [3.63, 3.8) is 0 Å². The molecule has 168 valence electrons. The smallest absolute Gasteiger partial charge is 0.252 e. The van der Waals surface area contributed by atoms with Crippen LogP contribution in [-0.4, -0.2) is 56.8 Å². The maximum Gasteiger partial charge on any atom is 0.252 e. The summed E-state index contributed by atoms with van der Waals surface area (Å²) in [5, 5.41) is 3.05. The number of rotatable bonds is 5. The minimum Gasteiger partial charge on any atom is -0.345 e. The molecule has 1 aliphatic heterocycles. The summed E-state index contributed by atoms with van der Waals surface area (Å²) >= 11 is 0. The van der Waals surface area contributed by atoms with Gasteiger partial charge in [0.2, 0.25) is 10.0 Å². The second-order valence-corrected chi connectivity index (χ2v) is 10.6. The van der Waals surface area contributed by atoms with Gasteiger partial charge < -0.3 is 10.2 Å². The first kappa shape index (κ1) is 23.4. The van der Waals surface area contributed by atoms with Gasteiger partial charge in [0, 0.05) is 31.7 Å². The van der Waals surface area contributed by atoms with Crippen molar-refractivity contribution in [3.8, 4) is 0 Å². The fourth-order valence-corrected chi connectivity index (χ4v) is 5.43. The summed E-state index contributed by atoms with van der Waals surface area (Å²) < 4.78 is 27.7. The maximum atomic E-state index is 13.1. The first-order valence-electron chi connectivity index (χ1n) is 10.7. The van der Waals surface area contributed by atoms with Gasteiger partial charge in [0.25, 0.3) is 5.91 Å². The van der Waals surface area contributed by atoms with Crippen molar-refractivity contribution in [1.29, 1.82) is 0 Å². The van der Waals surface area contributed by atoms with Crippen LogP contribution in [0.15, 0.2) is 35.2 Å². The topological polar surface area (TPSA) is 69.7 Å². The lowest BCUT2D eigenvalue weighted by Crippen LogP contribution is -2.47. The van der Waals surface area contributed by atoms with Crippen LogP contribution in [0.3, 0.4) is 0 Å². The molecule has 1 fully saturated rings. The van der Waals surface area contributed by atoms with Crippen LogP contribution < -0.4 is 5.32 Å². The van der Waals surface area contributed by atoms with Gasteiger partial charge in [-0.3, -0.25) is 4.79 Å². The van der Waals surface area contributed by atoms with E-state index in [4.69, 9.17) is 0 Å². The van der Waals surface area contributed by atoms with Gasteiger partial charge in [0.05, 0.1) is 10.9 Å². The van der Waals surface area contributed by atoms with Gasteiger partial charge in [-0.2, -0.15) is 4.31 Å². The van der Waals surface area contributed by atoms with Crippen molar-refractivity contribution in [1.82, 2.24) is 14.5 Å². The maximum absolute atomic E-state index is 13.1. The Hall–Kier alpha value is -2.22. The highest BCUT2D eigenvalue weighted by Gasteiger charge is 2.28. The van der Waals surface area contributed by atoms with Gasteiger partial charge in [-0.05, 0) is 81.6 Å². The van der Waals surface area contributed by atoms with Crippen molar-refractivity contribution >= 4 is 15.9 Å². The summed E-state index contributed by atoms with van der Waals surface area (Å²) in [5.41, 5.74) is 5.73. The number of carbonyl (C=O) groups is 1. The van der Waals surface area contributed by atoms with E-state index < -0.39 is 10.0 Å². The molecule has 6 nitrogen and oxygen atoms in total. The lowest BCUT2D eigenvalue weighted by Gasteiger charge is -2.31. The summed E-state index contributed by atoms with van der Waals surface area (Å²) in [6.45, 7) is 12.3. The minimum absolute atomic E-state index is 0.169. The van der Waals surface area contributed by atoms with E-state index in [1.54, 1.807) is 12.1 Å². The molecule has 0 radical (unpaired) electrons. The average molecular weight is 444 g/mol. The molecular formula is C24H33N3O3S. The molecule has 1 aliphatic rings. The third-order valence-electron chi connectivity index (χ3n) is 6.25. The van der Waals surface area contributed by atoms with E-state index in [0.717, 1.165) is 16.7 Å². The van der Waals surface area contributed by atoms with Crippen molar-refractivity contribution in [2.75, 3.05) is 33.2 Å². The van der Waals surface area contributed by atoms with Crippen molar-refractivity contribution in [2.24, 2.45) is 0 Å². The van der Waals surface area contributed by atoms with Crippen LogP contribution in [-0.2, 0) is 10.0 Å². The molecule has 2 aromatic carbocycles.